The summed E-state index contributed by atoms with van der Waals surface area (Å²) in [6, 6.07) is 3.66. The van der Waals surface area contributed by atoms with Crippen LogP contribution in [0.15, 0.2) is 17.5 Å². The number of carbonyl (C=O) groups is 2. The summed E-state index contributed by atoms with van der Waals surface area (Å²) in [5.74, 6) is -1.05. The van der Waals surface area contributed by atoms with E-state index in [-0.39, 0.29) is 17.6 Å². The molecule has 0 amide bonds. The molecule has 15 heavy (non-hydrogen) atoms. The Morgan fingerprint density at radius 2 is 2.07 bits per heavy atom. The lowest BCUT2D eigenvalue weighted by Crippen LogP contribution is -2.13. The van der Waals surface area contributed by atoms with Crippen LogP contribution in [0.25, 0.3) is 0 Å². The molecule has 80 valence electrons. The molecule has 0 spiro atoms. The standard InChI is InChI=1S/C11H12O3S/c12-10(9-2-1-5-15-9)7-3-4-8(6-7)11(13)14/h1-2,5,7-8H,3-4,6H2,(H,13,14). The van der Waals surface area contributed by atoms with Gasteiger partial charge in [-0.3, -0.25) is 9.59 Å². The van der Waals surface area contributed by atoms with Crippen molar-refractivity contribution in [2.24, 2.45) is 11.8 Å². The zero-order chi connectivity index (χ0) is 10.8. The van der Waals surface area contributed by atoms with Gasteiger partial charge >= 0.3 is 5.97 Å². The molecule has 1 aromatic heterocycles. The van der Waals surface area contributed by atoms with E-state index in [9.17, 15) is 9.59 Å². The molecule has 2 atom stereocenters. The molecule has 0 bridgehead atoms. The maximum absolute atomic E-state index is 11.9. The van der Waals surface area contributed by atoms with Gasteiger partial charge in [-0.05, 0) is 30.7 Å². The van der Waals surface area contributed by atoms with E-state index in [1.54, 1.807) is 6.07 Å². The summed E-state index contributed by atoms with van der Waals surface area (Å²) in [6.07, 6.45) is 1.86. The second-order valence-corrected chi connectivity index (χ2v) is 4.83. The monoisotopic (exact) mass is 224 g/mol. The second-order valence-electron chi connectivity index (χ2n) is 3.89. The molecule has 2 rings (SSSR count). The molecular weight excluding hydrogens is 212 g/mol. The lowest BCUT2D eigenvalue weighted by atomic mass is 9.99. The van der Waals surface area contributed by atoms with Crippen LogP contribution >= 0.6 is 11.3 Å². The van der Waals surface area contributed by atoms with Crippen molar-refractivity contribution < 1.29 is 14.7 Å². The van der Waals surface area contributed by atoms with Crippen LogP contribution in [0.2, 0.25) is 0 Å². The van der Waals surface area contributed by atoms with Crippen LogP contribution in [0.1, 0.15) is 28.9 Å². The van der Waals surface area contributed by atoms with Crippen molar-refractivity contribution in [2.45, 2.75) is 19.3 Å². The quantitative estimate of drug-likeness (QED) is 0.802. The van der Waals surface area contributed by atoms with E-state index < -0.39 is 5.97 Å². The summed E-state index contributed by atoms with van der Waals surface area (Å²) in [7, 11) is 0. The van der Waals surface area contributed by atoms with Gasteiger partial charge in [0.05, 0.1) is 10.8 Å². The number of thiophene rings is 1. The first kappa shape index (κ1) is 10.4. The topological polar surface area (TPSA) is 54.4 Å². The molecule has 1 saturated carbocycles. The fourth-order valence-corrected chi connectivity index (χ4v) is 2.81. The Balaban J connectivity index is 2.02. The maximum atomic E-state index is 11.9. The fraction of sp³-hybridized carbons (Fsp3) is 0.455. The number of ketones is 1. The molecule has 1 aliphatic carbocycles. The van der Waals surface area contributed by atoms with Crippen molar-refractivity contribution in [1.29, 1.82) is 0 Å². The molecule has 1 heterocycles. The van der Waals surface area contributed by atoms with E-state index in [1.165, 1.54) is 11.3 Å². The molecule has 0 saturated heterocycles. The van der Waals surface area contributed by atoms with Gasteiger partial charge in [-0.25, -0.2) is 0 Å². The number of carbonyl (C=O) groups excluding carboxylic acids is 1. The van der Waals surface area contributed by atoms with E-state index in [2.05, 4.69) is 0 Å². The highest BCUT2D eigenvalue weighted by molar-refractivity contribution is 7.12. The Bertz CT molecular complexity index is 369. The SMILES string of the molecule is O=C(O)C1CCC(C(=O)c2cccs2)C1. The molecule has 1 aromatic rings. The van der Waals surface area contributed by atoms with Gasteiger partial charge in [0.15, 0.2) is 5.78 Å². The van der Waals surface area contributed by atoms with Crippen molar-refractivity contribution in [3.63, 3.8) is 0 Å². The van der Waals surface area contributed by atoms with Gasteiger partial charge in [-0.15, -0.1) is 11.3 Å². The number of hydrogen-bond acceptors (Lipinski definition) is 3. The molecule has 3 nitrogen and oxygen atoms in total. The van der Waals surface area contributed by atoms with Crippen molar-refractivity contribution in [1.82, 2.24) is 0 Å². The van der Waals surface area contributed by atoms with Crippen LogP contribution in [-0.4, -0.2) is 16.9 Å². The van der Waals surface area contributed by atoms with Gasteiger partial charge in [0, 0.05) is 5.92 Å². The van der Waals surface area contributed by atoms with Crippen LogP contribution < -0.4 is 0 Å². The highest BCUT2D eigenvalue weighted by atomic mass is 32.1. The third-order valence-corrected chi connectivity index (χ3v) is 3.80. The van der Waals surface area contributed by atoms with E-state index >= 15 is 0 Å². The van der Waals surface area contributed by atoms with E-state index in [4.69, 9.17) is 5.11 Å². The highest BCUT2D eigenvalue weighted by Gasteiger charge is 2.34. The van der Waals surface area contributed by atoms with Crippen LogP contribution in [0.3, 0.4) is 0 Å². The van der Waals surface area contributed by atoms with Crippen LogP contribution in [0.5, 0.6) is 0 Å². The largest absolute Gasteiger partial charge is 0.481 e. The number of aliphatic carboxylic acids is 1. The van der Waals surface area contributed by atoms with E-state index in [0.717, 1.165) is 4.88 Å². The zero-order valence-electron chi connectivity index (χ0n) is 8.18. The third kappa shape index (κ3) is 2.09. The minimum Gasteiger partial charge on any atom is -0.481 e. The lowest BCUT2D eigenvalue weighted by Gasteiger charge is -2.06. The summed E-state index contributed by atoms with van der Waals surface area (Å²) in [5.41, 5.74) is 0. The predicted octanol–water partition coefficient (Wildman–Crippen LogP) is 2.43. The number of Topliss-reactive ketones (excluding diaryl/α,β-unsaturated/α-hetero) is 1. The predicted molar refractivity (Wildman–Crippen MR) is 57.1 cm³/mol. The Hall–Kier alpha value is -1.16. The van der Waals surface area contributed by atoms with E-state index in [1.807, 2.05) is 11.4 Å². The minimum atomic E-state index is -0.767. The Labute approximate surface area is 91.7 Å². The third-order valence-electron chi connectivity index (χ3n) is 2.92. The normalized spacial score (nSPS) is 25.3. The molecule has 4 heteroatoms. The summed E-state index contributed by atoms with van der Waals surface area (Å²) in [5, 5.41) is 10.7. The fourth-order valence-electron chi connectivity index (χ4n) is 2.06. The Morgan fingerprint density at radius 1 is 1.33 bits per heavy atom. The average molecular weight is 224 g/mol. The van der Waals surface area contributed by atoms with Gasteiger partial charge in [0.25, 0.3) is 0 Å². The number of rotatable bonds is 3. The lowest BCUT2D eigenvalue weighted by molar-refractivity contribution is -0.141. The molecule has 0 aromatic carbocycles. The van der Waals surface area contributed by atoms with Crippen molar-refractivity contribution in [3.8, 4) is 0 Å². The van der Waals surface area contributed by atoms with E-state index in [0.29, 0.717) is 19.3 Å². The summed E-state index contributed by atoms with van der Waals surface area (Å²) >= 11 is 1.43. The van der Waals surface area contributed by atoms with Gasteiger partial charge < -0.3 is 5.11 Å². The molecule has 1 N–H and O–H groups in total. The van der Waals surface area contributed by atoms with Gasteiger partial charge in [-0.1, -0.05) is 6.07 Å². The first-order valence-electron chi connectivity index (χ1n) is 4.99. The number of hydrogen-bond donors (Lipinski definition) is 1. The molecule has 2 unspecified atom stereocenters. The summed E-state index contributed by atoms with van der Waals surface area (Å²) in [4.78, 5) is 23.4. The van der Waals surface area contributed by atoms with Gasteiger partial charge in [0.2, 0.25) is 0 Å². The van der Waals surface area contributed by atoms with Crippen molar-refractivity contribution in [3.05, 3.63) is 22.4 Å². The Kier molecular flexibility index (Phi) is 2.86. The molecule has 0 aliphatic heterocycles. The molecular formula is C11H12O3S. The first-order chi connectivity index (χ1) is 7.18. The summed E-state index contributed by atoms with van der Waals surface area (Å²) < 4.78 is 0. The van der Waals surface area contributed by atoms with Gasteiger partial charge in [0.1, 0.15) is 0 Å². The summed E-state index contributed by atoms with van der Waals surface area (Å²) in [6.45, 7) is 0. The highest BCUT2D eigenvalue weighted by Crippen LogP contribution is 2.34. The Morgan fingerprint density at radius 3 is 2.60 bits per heavy atom. The van der Waals surface area contributed by atoms with Crippen molar-refractivity contribution in [2.75, 3.05) is 0 Å². The zero-order valence-corrected chi connectivity index (χ0v) is 9.00. The van der Waals surface area contributed by atoms with Gasteiger partial charge in [-0.2, -0.15) is 0 Å². The second kappa shape index (κ2) is 4.14. The van der Waals surface area contributed by atoms with Crippen LogP contribution in [0.4, 0.5) is 0 Å². The average Bonchev–Trinajstić information content (AvgIpc) is 2.88. The number of carboxylic acid groups (broad SMARTS) is 1. The molecule has 1 aliphatic rings. The smallest absolute Gasteiger partial charge is 0.306 e. The minimum absolute atomic E-state index is 0.0789. The number of carboxylic acids is 1. The first-order valence-corrected chi connectivity index (χ1v) is 5.87. The van der Waals surface area contributed by atoms with Crippen molar-refractivity contribution >= 4 is 23.1 Å². The molecule has 0 radical (unpaired) electrons. The van der Waals surface area contributed by atoms with Crippen LogP contribution in [0, 0.1) is 11.8 Å². The van der Waals surface area contributed by atoms with Crippen LogP contribution in [-0.2, 0) is 4.79 Å². The maximum Gasteiger partial charge on any atom is 0.306 e. The molecule has 1 fully saturated rings.